The van der Waals surface area contributed by atoms with Crippen molar-refractivity contribution in [1.82, 2.24) is 14.7 Å². The van der Waals surface area contributed by atoms with Crippen molar-refractivity contribution in [2.75, 3.05) is 19.0 Å². The van der Waals surface area contributed by atoms with Crippen LogP contribution in [0.3, 0.4) is 0 Å². The molecule has 0 bridgehead atoms. The number of carboxylic acids is 1. The summed E-state index contributed by atoms with van der Waals surface area (Å²) in [5, 5.41) is 28.5. The molecule has 2 heterocycles. The number of amides is 1. The minimum Gasteiger partial charge on any atom is -0.481 e. The summed E-state index contributed by atoms with van der Waals surface area (Å²) in [7, 11) is 1.28. The number of aliphatic carboxylic acids is 1. The van der Waals surface area contributed by atoms with E-state index in [-0.39, 0.29) is 29.0 Å². The van der Waals surface area contributed by atoms with E-state index >= 15 is 0 Å². The number of carboxylic acid groups (broad SMARTS) is 1. The quantitative estimate of drug-likeness (QED) is 0.124. The maximum absolute atomic E-state index is 13.6. The number of pyridine rings is 1. The maximum atomic E-state index is 13.6. The SMILES string of the molecule is COC(=O)CNc1c(-c2ccc3ccccc3c2)nc2c(C(=O)NC(CC(=O)O)c3cccc([N+](=O)[O-])c3)cccn12. The van der Waals surface area contributed by atoms with Gasteiger partial charge in [0.15, 0.2) is 5.65 Å². The van der Waals surface area contributed by atoms with Crippen LogP contribution in [-0.4, -0.2) is 50.9 Å². The van der Waals surface area contributed by atoms with Crippen molar-refractivity contribution in [1.29, 1.82) is 0 Å². The molecule has 0 aliphatic rings. The standard InChI is InChI=1S/C30H25N5O7/c1-42-26(38)17-31-29-27(21-12-11-18-6-2-3-7-19(18)14-21)33-28-23(10-5-13-34(28)29)30(39)32-24(16-25(36)37)20-8-4-9-22(15-20)35(40)41/h2-15,24,31H,16-17H2,1H3,(H,32,39)(H,36,37). The number of anilines is 1. The number of imidazole rings is 1. The number of methoxy groups -OCH3 is 1. The van der Waals surface area contributed by atoms with Crippen molar-refractivity contribution in [2.45, 2.75) is 12.5 Å². The molecule has 0 fully saturated rings. The van der Waals surface area contributed by atoms with Crippen LogP contribution in [0.5, 0.6) is 0 Å². The first-order chi connectivity index (χ1) is 20.2. The van der Waals surface area contributed by atoms with Crippen molar-refractivity contribution in [3.8, 4) is 11.3 Å². The summed E-state index contributed by atoms with van der Waals surface area (Å²) in [6, 6.07) is 21.2. The van der Waals surface area contributed by atoms with E-state index < -0.39 is 35.2 Å². The zero-order valence-corrected chi connectivity index (χ0v) is 22.3. The summed E-state index contributed by atoms with van der Waals surface area (Å²) in [5.74, 6) is -1.88. The molecule has 3 aromatic carbocycles. The van der Waals surface area contributed by atoms with Gasteiger partial charge in [-0.05, 0) is 34.5 Å². The molecule has 0 aliphatic heterocycles. The van der Waals surface area contributed by atoms with Gasteiger partial charge in [-0.1, -0.05) is 48.5 Å². The molecule has 5 rings (SSSR count). The molecule has 12 nitrogen and oxygen atoms in total. The number of nitrogens with one attached hydrogen (secondary N) is 2. The van der Waals surface area contributed by atoms with E-state index in [9.17, 15) is 29.6 Å². The van der Waals surface area contributed by atoms with Crippen LogP contribution in [0.4, 0.5) is 11.5 Å². The van der Waals surface area contributed by atoms with Crippen LogP contribution in [0.15, 0.2) is 85.1 Å². The number of ether oxygens (including phenoxy) is 1. The number of esters is 1. The number of aromatic nitrogens is 2. The monoisotopic (exact) mass is 567 g/mol. The Bertz CT molecular complexity index is 1850. The maximum Gasteiger partial charge on any atom is 0.325 e. The van der Waals surface area contributed by atoms with Gasteiger partial charge in [0, 0.05) is 23.9 Å². The van der Waals surface area contributed by atoms with Crippen molar-refractivity contribution in [3.05, 3.63) is 106 Å². The Labute approximate surface area is 238 Å². The molecule has 0 saturated heterocycles. The molecule has 0 spiro atoms. The summed E-state index contributed by atoms with van der Waals surface area (Å²) in [6.45, 7) is -0.158. The fourth-order valence-electron chi connectivity index (χ4n) is 4.70. The van der Waals surface area contributed by atoms with E-state index in [1.807, 2.05) is 42.5 Å². The van der Waals surface area contributed by atoms with Gasteiger partial charge in [0.2, 0.25) is 0 Å². The Kier molecular flexibility index (Phi) is 7.78. The number of nitro benzene ring substituents is 1. The molecule has 3 N–H and O–H groups in total. The lowest BCUT2D eigenvalue weighted by atomic mass is 10.0. The van der Waals surface area contributed by atoms with Gasteiger partial charge in [0.25, 0.3) is 11.6 Å². The Morgan fingerprint density at radius 3 is 2.55 bits per heavy atom. The van der Waals surface area contributed by atoms with E-state index in [1.165, 1.54) is 37.4 Å². The number of hydrogen-bond acceptors (Lipinski definition) is 8. The molecule has 0 saturated carbocycles. The first kappa shape index (κ1) is 27.8. The van der Waals surface area contributed by atoms with Gasteiger partial charge in [-0.2, -0.15) is 0 Å². The molecule has 212 valence electrons. The topological polar surface area (TPSA) is 165 Å². The minimum atomic E-state index is -1.20. The van der Waals surface area contributed by atoms with E-state index in [1.54, 1.807) is 16.7 Å². The number of non-ortho nitro benzene ring substituents is 1. The zero-order chi connectivity index (χ0) is 29.8. The highest BCUT2D eigenvalue weighted by Gasteiger charge is 2.24. The second kappa shape index (κ2) is 11.8. The van der Waals surface area contributed by atoms with Crippen LogP contribution < -0.4 is 10.6 Å². The average Bonchev–Trinajstić information content (AvgIpc) is 3.37. The van der Waals surface area contributed by atoms with Crippen molar-refractivity contribution < 1.29 is 29.2 Å². The molecule has 5 aromatic rings. The average molecular weight is 568 g/mol. The van der Waals surface area contributed by atoms with Gasteiger partial charge >= 0.3 is 11.9 Å². The van der Waals surface area contributed by atoms with Gasteiger partial charge in [-0.25, -0.2) is 4.98 Å². The highest BCUT2D eigenvalue weighted by atomic mass is 16.6. The summed E-state index contributed by atoms with van der Waals surface area (Å²) in [4.78, 5) is 52.7. The Hall–Kier alpha value is -5.78. The van der Waals surface area contributed by atoms with Gasteiger partial charge in [-0.3, -0.25) is 28.9 Å². The second-order valence-corrected chi connectivity index (χ2v) is 9.39. The lowest BCUT2D eigenvalue weighted by molar-refractivity contribution is -0.384. The number of hydrogen-bond donors (Lipinski definition) is 3. The normalized spacial score (nSPS) is 11.6. The van der Waals surface area contributed by atoms with Crippen molar-refractivity contribution >= 4 is 45.8 Å². The van der Waals surface area contributed by atoms with Gasteiger partial charge in [0.05, 0.1) is 30.1 Å². The molecule has 12 heteroatoms. The van der Waals surface area contributed by atoms with Crippen molar-refractivity contribution in [3.63, 3.8) is 0 Å². The number of carbonyl (C=O) groups excluding carboxylic acids is 2. The van der Waals surface area contributed by atoms with Crippen LogP contribution in [0.2, 0.25) is 0 Å². The lowest BCUT2D eigenvalue weighted by Gasteiger charge is -2.17. The third-order valence-electron chi connectivity index (χ3n) is 6.71. The number of nitrogens with zero attached hydrogens (tertiary/aromatic N) is 3. The van der Waals surface area contributed by atoms with Crippen molar-refractivity contribution in [2.24, 2.45) is 0 Å². The number of nitro groups is 1. The van der Waals surface area contributed by atoms with Crippen LogP contribution in [0.1, 0.15) is 28.4 Å². The van der Waals surface area contributed by atoms with Crippen LogP contribution in [0.25, 0.3) is 27.7 Å². The predicted molar refractivity (Wildman–Crippen MR) is 154 cm³/mol. The molecule has 0 aliphatic carbocycles. The summed E-state index contributed by atoms with van der Waals surface area (Å²) in [5.41, 5.74) is 1.63. The number of fused-ring (bicyclic) bond motifs is 2. The Balaban J connectivity index is 1.58. The fraction of sp³-hybridized carbons (Fsp3) is 0.133. The van der Waals surface area contributed by atoms with Crippen LogP contribution in [-0.2, 0) is 14.3 Å². The van der Waals surface area contributed by atoms with Crippen LogP contribution in [0, 0.1) is 10.1 Å². The largest absolute Gasteiger partial charge is 0.481 e. The first-order valence-corrected chi connectivity index (χ1v) is 12.8. The third kappa shape index (κ3) is 5.72. The molecular formula is C30H25N5O7. The molecule has 1 amide bonds. The molecule has 2 aromatic heterocycles. The fourth-order valence-corrected chi connectivity index (χ4v) is 4.70. The van der Waals surface area contributed by atoms with E-state index in [0.717, 1.165) is 16.3 Å². The number of carbonyl (C=O) groups is 3. The highest BCUT2D eigenvalue weighted by molar-refractivity contribution is 6.01. The Morgan fingerprint density at radius 2 is 1.81 bits per heavy atom. The van der Waals surface area contributed by atoms with Crippen LogP contribution >= 0.6 is 0 Å². The third-order valence-corrected chi connectivity index (χ3v) is 6.71. The summed E-state index contributed by atoms with van der Waals surface area (Å²) in [6.07, 6.45) is 1.18. The van der Waals surface area contributed by atoms with Gasteiger partial charge in [0.1, 0.15) is 18.1 Å². The molecular weight excluding hydrogens is 542 g/mol. The van der Waals surface area contributed by atoms with E-state index in [0.29, 0.717) is 11.5 Å². The summed E-state index contributed by atoms with van der Waals surface area (Å²) >= 11 is 0. The van der Waals surface area contributed by atoms with E-state index in [4.69, 9.17) is 9.72 Å². The molecule has 1 atom stereocenters. The molecule has 0 radical (unpaired) electrons. The van der Waals surface area contributed by atoms with E-state index in [2.05, 4.69) is 10.6 Å². The molecule has 1 unspecified atom stereocenters. The predicted octanol–water partition coefficient (Wildman–Crippen LogP) is 4.59. The number of rotatable bonds is 10. The highest BCUT2D eigenvalue weighted by Crippen LogP contribution is 2.32. The number of benzene rings is 3. The van der Waals surface area contributed by atoms with Gasteiger partial charge in [-0.15, -0.1) is 0 Å². The molecule has 42 heavy (non-hydrogen) atoms. The minimum absolute atomic E-state index is 0.131. The summed E-state index contributed by atoms with van der Waals surface area (Å²) < 4.78 is 6.41. The smallest absolute Gasteiger partial charge is 0.325 e. The zero-order valence-electron chi connectivity index (χ0n) is 22.3. The Morgan fingerprint density at radius 1 is 1.02 bits per heavy atom. The lowest BCUT2D eigenvalue weighted by Crippen LogP contribution is -2.30. The van der Waals surface area contributed by atoms with Gasteiger partial charge < -0.3 is 20.5 Å². The first-order valence-electron chi connectivity index (χ1n) is 12.8. The second-order valence-electron chi connectivity index (χ2n) is 9.39.